The van der Waals surface area contributed by atoms with Crippen LogP contribution in [0.15, 0.2) is 30.5 Å². The maximum Gasteiger partial charge on any atom is 0.227 e. The van der Waals surface area contributed by atoms with Crippen molar-refractivity contribution in [3.05, 3.63) is 53.4 Å². The summed E-state index contributed by atoms with van der Waals surface area (Å²) in [6.45, 7) is 3.62. The van der Waals surface area contributed by atoms with Gasteiger partial charge in [-0.1, -0.05) is 12.1 Å². The van der Waals surface area contributed by atoms with Gasteiger partial charge in [0.05, 0.1) is 12.5 Å². The van der Waals surface area contributed by atoms with Crippen LogP contribution in [0.4, 0.5) is 4.39 Å². The molecule has 0 radical (unpaired) electrons. The average molecular weight is 341 g/mol. The Morgan fingerprint density at radius 3 is 2.92 bits per heavy atom. The largest absolute Gasteiger partial charge is 0.340 e. The lowest BCUT2D eigenvalue weighted by atomic mass is 10.0. The minimum Gasteiger partial charge on any atom is -0.340 e. The number of carbonyl (C=O) groups excluding carboxylic acids is 1. The van der Waals surface area contributed by atoms with E-state index in [-0.39, 0.29) is 18.1 Å². The van der Waals surface area contributed by atoms with Gasteiger partial charge in [0.2, 0.25) is 5.91 Å². The summed E-state index contributed by atoms with van der Waals surface area (Å²) in [6, 6.07) is 6.64. The highest BCUT2D eigenvalue weighted by atomic mass is 19.1. The summed E-state index contributed by atoms with van der Waals surface area (Å²) in [5, 5.41) is 0. The number of halogens is 1. The van der Waals surface area contributed by atoms with Crippen LogP contribution in [0.5, 0.6) is 0 Å². The summed E-state index contributed by atoms with van der Waals surface area (Å²) < 4.78 is 15.7. The second kappa shape index (κ2) is 6.62. The summed E-state index contributed by atoms with van der Waals surface area (Å²) in [7, 11) is 0. The molecule has 25 heavy (non-hydrogen) atoms. The smallest absolute Gasteiger partial charge is 0.227 e. The molecule has 132 valence electrons. The van der Waals surface area contributed by atoms with Crippen LogP contribution in [0.2, 0.25) is 0 Å². The molecule has 1 amide bonds. The molecule has 4 nitrogen and oxygen atoms in total. The molecule has 0 bridgehead atoms. The Balaban J connectivity index is 1.47. The Morgan fingerprint density at radius 1 is 1.32 bits per heavy atom. The van der Waals surface area contributed by atoms with E-state index < -0.39 is 0 Å². The van der Waals surface area contributed by atoms with Crippen LogP contribution in [0.25, 0.3) is 0 Å². The zero-order valence-electron chi connectivity index (χ0n) is 14.6. The van der Waals surface area contributed by atoms with Gasteiger partial charge in [-0.15, -0.1) is 0 Å². The summed E-state index contributed by atoms with van der Waals surface area (Å²) in [5.74, 6) is 1.60. The number of rotatable bonds is 4. The molecule has 1 saturated carbocycles. The summed E-state index contributed by atoms with van der Waals surface area (Å²) in [6.07, 6.45) is 6.77. The second-order valence-corrected chi connectivity index (χ2v) is 7.34. The first-order chi connectivity index (χ1) is 12.1. The van der Waals surface area contributed by atoms with Gasteiger partial charge in [0.15, 0.2) is 0 Å². The van der Waals surface area contributed by atoms with Crippen molar-refractivity contribution in [1.82, 2.24) is 14.5 Å². The van der Waals surface area contributed by atoms with Crippen molar-refractivity contribution in [2.24, 2.45) is 0 Å². The van der Waals surface area contributed by atoms with E-state index in [0.717, 1.165) is 31.5 Å². The standard InChI is InChI=1S/C20H24FN3O/c1-14-12-22-20(16-7-8-16)24(14)18-6-3-9-23(13-18)19(25)11-15-4-2-5-17(21)10-15/h2,4-5,10,12,16,18H,3,6-9,11,13H2,1H3. The molecule has 2 aromatic rings. The molecule has 4 rings (SSSR count). The lowest BCUT2D eigenvalue weighted by Gasteiger charge is -2.35. The number of aryl methyl sites for hydroxylation is 1. The molecule has 0 N–H and O–H groups in total. The highest BCUT2D eigenvalue weighted by molar-refractivity contribution is 5.78. The molecule has 1 aliphatic carbocycles. The highest BCUT2D eigenvalue weighted by Gasteiger charge is 2.33. The summed E-state index contributed by atoms with van der Waals surface area (Å²) >= 11 is 0. The van der Waals surface area contributed by atoms with Crippen molar-refractivity contribution in [3.63, 3.8) is 0 Å². The molecule has 5 heteroatoms. The SMILES string of the molecule is Cc1cnc(C2CC2)n1C1CCCN(C(=O)Cc2cccc(F)c2)C1. The van der Waals surface area contributed by atoms with E-state index in [1.165, 1.54) is 36.5 Å². The minimum absolute atomic E-state index is 0.0843. The van der Waals surface area contributed by atoms with Crippen molar-refractivity contribution in [2.45, 2.75) is 51.0 Å². The van der Waals surface area contributed by atoms with Gasteiger partial charge in [0.1, 0.15) is 11.6 Å². The highest BCUT2D eigenvalue weighted by Crippen LogP contribution is 2.41. The molecule has 1 aliphatic heterocycles. The van der Waals surface area contributed by atoms with Crippen LogP contribution in [-0.2, 0) is 11.2 Å². The number of piperidine rings is 1. The van der Waals surface area contributed by atoms with E-state index in [0.29, 0.717) is 12.0 Å². The van der Waals surface area contributed by atoms with Crippen molar-refractivity contribution in [1.29, 1.82) is 0 Å². The topological polar surface area (TPSA) is 38.1 Å². The molecule has 2 aliphatic rings. The number of amides is 1. The van der Waals surface area contributed by atoms with Gasteiger partial charge >= 0.3 is 0 Å². The number of likely N-dealkylation sites (tertiary alicyclic amines) is 1. The molecule has 1 saturated heterocycles. The number of aromatic nitrogens is 2. The van der Waals surface area contributed by atoms with Crippen molar-refractivity contribution < 1.29 is 9.18 Å². The molecule has 2 heterocycles. The molecule has 2 fully saturated rings. The Labute approximate surface area is 147 Å². The third-order valence-electron chi connectivity index (χ3n) is 5.31. The monoisotopic (exact) mass is 341 g/mol. The fourth-order valence-electron chi connectivity index (χ4n) is 3.91. The fourth-order valence-corrected chi connectivity index (χ4v) is 3.91. The molecule has 1 unspecified atom stereocenters. The van der Waals surface area contributed by atoms with Gasteiger partial charge < -0.3 is 9.47 Å². The molecule has 1 atom stereocenters. The van der Waals surface area contributed by atoms with E-state index >= 15 is 0 Å². The van der Waals surface area contributed by atoms with Gasteiger partial charge in [-0.05, 0) is 50.3 Å². The maximum absolute atomic E-state index is 13.3. The maximum atomic E-state index is 13.3. The van der Waals surface area contributed by atoms with E-state index in [9.17, 15) is 9.18 Å². The van der Waals surface area contributed by atoms with Crippen LogP contribution >= 0.6 is 0 Å². The molecular formula is C20H24FN3O. The lowest BCUT2D eigenvalue weighted by molar-refractivity contribution is -0.132. The first kappa shape index (κ1) is 16.3. The van der Waals surface area contributed by atoms with Gasteiger partial charge in [-0.3, -0.25) is 4.79 Å². The predicted octanol–water partition coefficient (Wildman–Crippen LogP) is 3.61. The van der Waals surface area contributed by atoms with E-state index in [4.69, 9.17) is 0 Å². The normalized spacial score (nSPS) is 20.7. The number of carbonyl (C=O) groups is 1. The number of hydrogen-bond donors (Lipinski definition) is 0. The van der Waals surface area contributed by atoms with Crippen LogP contribution in [0, 0.1) is 12.7 Å². The van der Waals surface area contributed by atoms with Crippen LogP contribution < -0.4 is 0 Å². The Kier molecular flexibility index (Phi) is 4.32. The first-order valence-electron chi connectivity index (χ1n) is 9.18. The molecular weight excluding hydrogens is 317 g/mol. The summed E-state index contributed by atoms with van der Waals surface area (Å²) in [5.41, 5.74) is 1.93. The van der Waals surface area contributed by atoms with Gasteiger partial charge in [0.25, 0.3) is 0 Å². The van der Waals surface area contributed by atoms with Gasteiger partial charge in [-0.25, -0.2) is 9.37 Å². The Bertz CT molecular complexity index is 781. The van der Waals surface area contributed by atoms with Crippen molar-refractivity contribution >= 4 is 5.91 Å². The molecule has 0 spiro atoms. The Morgan fingerprint density at radius 2 is 2.16 bits per heavy atom. The van der Waals surface area contributed by atoms with Gasteiger partial charge in [-0.2, -0.15) is 0 Å². The molecule has 1 aromatic heterocycles. The van der Waals surface area contributed by atoms with Crippen molar-refractivity contribution in [2.75, 3.05) is 13.1 Å². The van der Waals surface area contributed by atoms with Crippen LogP contribution in [-0.4, -0.2) is 33.4 Å². The van der Waals surface area contributed by atoms with Crippen molar-refractivity contribution in [3.8, 4) is 0 Å². The van der Waals surface area contributed by atoms with E-state index in [1.807, 2.05) is 17.2 Å². The third kappa shape index (κ3) is 3.46. The Hall–Kier alpha value is -2.17. The number of nitrogens with zero attached hydrogens (tertiary/aromatic N) is 3. The quantitative estimate of drug-likeness (QED) is 0.852. The zero-order chi connectivity index (χ0) is 17.4. The third-order valence-corrected chi connectivity index (χ3v) is 5.31. The second-order valence-electron chi connectivity index (χ2n) is 7.34. The number of imidazole rings is 1. The minimum atomic E-state index is -0.287. The fraction of sp³-hybridized carbons (Fsp3) is 0.500. The van der Waals surface area contributed by atoms with Crippen LogP contribution in [0.3, 0.4) is 0 Å². The number of hydrogen-bond acceptors (Lipinski definition) is 2. The van der Waals surface area contributed by atoms with E-state index in [1.54, 1.807) is 6.07 Å². The lowest BCUT2D eigenvalue weighted by Crippen LogP contribution is -2.42. The zero-order valence-corrected chi connectivity index (χ0v) is 14.6. The van der Waals surface area contributed by atoms with Gasteiger partial charge in [0, 0.05) is 30.9 Å². The molecule has 1 aromatic carbocycles. The number of benzene rings is 1. The predicted molar refractivity (Wildman–Crippen MR) is 93.9 cm³/mol. The van der Waals surface area contributed by atoms with Crippen LogP contribution in [0.1, 0.15) is 54.7 Å². The summed E-state index contributed by atoms with van der Waals surface area (Å²) in [4.78, 5) is 19.2. The average Bonchev–Trinajstić information content (AvgIpc) is 3.37. The first-order valence-corrected chi connectivity index (χ1v) is 9.18. The van der Waals surface area contributed by atoms with E-state index in [2.05, 4.69) is 16.5 Å².